The fourth-order valence-corrected chi connectivity index (χ4v) is 2.46. The first-order valence-corrected chi connectivity index (χ1v) is 7.09. The number of carbonyl (C=O) groups excluding carboxylic acids is 1. The van der Waals surface area contributed by atoms with Crippen LogP contribution >= 0.6 is 0 Å². The lowest BCUT2D eigenvalue weighted by Gasteiger charge is -2.21. The van der Waals surface area contributed by atoms with Gasteiger partial charge < -0.3 is 24.1 Å². The molecule has 0 aromatic heterocycles. The van der Waals surface area contributed by atoms with E-state index >= 15 is 0 Å². The van der Waals surface area contributed by atoms with Gasteiger partial charge in [0.05, 0.1) is 6.61 Å². The Balaban J connectivity index is 1.73. The molecule has 2 heterocycles. The molecule has 0 bridgehead atoms. The summed E-state index contributed by atoms with van der Waals surface area (Å²) in [6.07, 6.45) is -1.30. The molecule has 2 atom stereocenters. The number of benzene rings is 1. The third-order valence-corrected chi connectivity index (χ3v) is 3.52. The van der Waals surface area contributed by atoms with Gasteiger partial charge in [-0.05, 0) is 19.4 Å². The lowest BCUT2D eigenvalue weighted by molar-refractivity contribution is -0.163. The van der Waals surface area contributed by atoms with Gasteiger partial charge in [0.25, 0.3) is 0 Å². The minimum atomic E-state index is -0.804. The number of cyclic esters (lactones) is 1. The standard InChI is InChI=1S/C16H18O6/c1-16(2)20-9-11(22-16)13-14(12(17)15(18)21-13)19-8-10-6-4-3-5-7-10/h3-7,11,13,17H,8-9H2,1-2H3/t11-,13+/m0/s1. The van der Waals surface area contributed by atoms with Gasteiger partial charge in [-0.3, -0.25) is 0 Å². The Labute approximate surface area is 128 Å². The van der Waals surface area contributed by atoms with Crippen molar-refractivity contribution in [3.05, 3.63) is 47.4 Å². The van der Waals surface area contributed by atoms with Crippen LogP contribution in [-0.2, 0) is 30.3 Å². The lowest BCUT2D eigenvalue weighted by atomic mass is 10.1. The van der Waals surface area contributed by atoms with Crippen molar-refractivity contribution in [2.24, 2.45) is 0 Å². The second-order valence-electron chi connectivity index (χ2n) is 5.68. The van der Waals surface area contributed by atoms with Crippen molar-refractivity contribution in [3.8, 4) is 0 Å². The van der Waals surface area contributed by atoms with Crippen LogP contribution in [0.2, 0.25) is 0 Å². The van der Waals surface area contributed by atoms with E-state index in [2.05, 4.69) is 0 Å². The molecule has 0 radical (unpaired) electrons. The zero-order valence-electron chi connectivity index (χ0n) is 12.4. The monoisotopic (exact) mass is 306 g/mol. The molecule has 6 nitrogen and oxygen atoms in total. The molecule has 2 aliphatic heterocycles. The molecule has 2 aliphatic rings. The van der Waals surface area contributed by atoms with Gasteiger partial charge in [-0.1, -0.05) is 30.3 Å². The van der Waals surface area contributed by atoms with Crippen LogP contribution in [-0.4, -0.2) is 35.7 Å². The average Bonchev–Trinajstić information content (AvgIpc) is 2.99. The van der Waals surface area contributed by atoms with Crippen LogP contribution in [0, 0.1) is 0 Å². The van der Waals surface area contributed by atoms with Crippen molar-refractivity contribution in [2.75, 3.05) is 6.61 Å². The summed E-state index contributed by atoms with van der Waals surface area (Å²) in [6, 6.07) is 9.45. The van der Waals surface area contributed by atoms with Crippen LogP contribution in [0.1, 0.15) is 19.4 Å². The lowest BCUT2D eigenvalue weighted by Crippen LogP contribution is -2.33. The number of rotatable bonds is 4. The van der Waals surface area contributed by atoms with Gasteiger partial charge in [0, 0.05) is 0 Å². The molecule has 1 aromatic rings. The third-order valence-electron chi connectivity index (χ3n) is 3.52. The van der Waals surface area contributed by atoms with Crippen LogP contribution < -0.4 is 0 Å². The Morgan fingerprint density at radius 3 is 2.68 bits per heavy atom. The van der Waals surface area contributed by atoms with Crippen LogP contribution in [0.4, 0.5) is 0 Å². The van der Waals surface area contributed by atoms with E-state index < -0.39 is 29.7 Å². The van der Waals surface area contributed by atoms with Crippen molar-refractivity contribution >= 4 is 5.97 Å². The maximum Gasteiger partial charge on any atom is 0.378 e. The van der Waals surface area contributed by atoms with Crippen LogP contribution in [0.25, 0.3) is 0 Å². The van der Waals surface area contributed by atoms with E-state index in [-0.39, 0.29) is 19.0 Å². The minimum absolute atomic E-state index is 0.0974. The van der Waals surface area contributed by atoms with E-state index in [0.29, 0.717) is 0 Å². The molecule has 0 amide bonds. The van der Waals surface area contributed by atoms with Gasteiger partial charge in [0.15, 0.2) is 17.7 Å². The molecule has 1 saturated heterocycles. The zero-order chi connectivity index (χ0) is 15.7. The maximum absolute atomic E-state index is 11.6. The Kier molecular flexibility index (Phi) is 3.80. The van der Waals surface area contributed by atoms with Crippen LogP contribution in [0.5, 0.6) is 0 Å². The molecule has 0 spiro atoms. The number of ether oxygens (including phenoxy) is 4. The molecule has 1 fully saturated rings. The quantitative estimate of drug-likeness (QED) is 0.858. The smallest absolute Gasteiger partial charge is 0.378 e. The van der Waals surface area contributed by atoms with Crippen molar-refractivity contribution in [2.45, 2.75) is 38.4 Å². The van der Waals surface area contributed by atoms with Crippen molar-refractivity contribution in [1.29, 1.82) is 0 Å². The second kappa shape index (κ2) is 5.62. The Hall–Kier alpha value is -2.05. The fraction of sp³-hybridized carbons (Fsp3) is 0.438. The summed E-state index contributed by atoms with van der Waals surface area (Å²) in [7, 11) is 0. The van der Waals surface area contributed by atoms with E-state index in [4.69, 9.17) is 18.9 Å². The van der Waals surface area contributed by atoms with Crippen molar-refractivity contribution in [3.63, 3.8) is 0 Å². The SMILES string of the molecule is CC1(C)OC[C@@H]([C@H]2OC(=O)C(O)=C2OCc2ccccc2)O1. The Bertz CT molecular complexity index is 592. The molecule has 0 aliphatic carbocycles. The highest BCUT2D eigenvalue weighted by Gasteiger charge is 2.47. The summed E-state index contributed by atoms with van der Waals surface area (Å²) in [5.41, 5.74) is 0.921. The van der Waals surface area contributed by atoms with Crippen LogP contribution in [0.3, 0.4) is 0 Å². The van der Waals surface area contributed by atoms with E-state index in [1.807, 2.05) is 30.3 Å². The summed E-state index contributed by atoms with van der Waals surface area (Å²) in [5.74, 6) is -1.96. The summed E-state index contributed by atoms with van der Waals surface area (Å²) in [6.45, 7) is 4.04. The van der Waals surface area contributed by atoms with Gasteiger partial charge >= 0.3 is 5.97 Å². The highest BCUT2D eigenvalue weighted by Crippen LogP contribution is 2.33. The van der Waals surface area contributed by atoms with E-state index in [0.717, 1.165) is 5.56 Å². The van der Waals surface area contributed by atoms with Crippen LogP contribution in [0.15, 0.2) is 41.9 Å². The number of aliphatic hydroxyl groups is 1. The minimum Gasteiger partial charge on any atom is -0.499 e. The molecule has 6 heteroatoms. The third kappa shape index (κ3) is 2.93. The Morgan fingerprint density at radius 2 is 2.05 bits per heavy atom. The molecule has 1 aromatic carbocycles. The Morgan fingerprint density at radius 1 is 1.32 bits per heavy atom. The second-order valence-corrected chi connectivity index (χ2v) is 5.68. The first kappa shape index (κ1) is 14.9. The summed E-state index contributed by atoms with van der Waals surface area (Å²) in [5, 5.41) is 9.88. The van der Waals surface area contributed by atoms with Gasteiger partial charge in [0.1, 0.15) is 12.7 Å². The van der Waals surface area contributed by atoms with Gasteiger partial charge in [-0.2, -0.15) is 0 Å². The average molecular weight is 306 g/mol. The topological polar surface area (TPSA) is 74.2 Å². The molecular weight excluding hydrogens is 288 g/mol. The fourth-order valence-electron chi connectivity index (χ4n) is 2.46. The number of hydrogen-bond acceptors (Lipinski definition) is 6. The van der Waals surface area contributed by atoms with E-state index in [9.17, 15) is 9.90 Å². The summed E-state index contributed by atoms with van der Waals surface area (Å²) >= 11 is 0. The van der Waals surface area contributed by atoms with Crippen molar-refractivity contribution in [1.82, 2.24) is 0 Å². The van der Waals surface area contributed by atoms with E-state index in [1.54, 1.807) is 13.8 Å². The molecule has 22 heavy (non-hydrogen) atoms. The van der Waals surface area contributed by atoms with Gasteiger partial charge in [0.2, 0.25) is 5.76 Å². The van der Waals surface area contributed by atoms with Crippen molar-refractivity contribution < 1.29 is 28.8 Å². The molecule has 118 valence electrons. The first-order chi connectivity index (χ1) is 10.5. The molecule has 1 N–H and O–H groups in total. The number of hydrogen-bond donors (Lipinski definition) is 1. The van der Waals surface area contributed by atoms with Gasteiger partial charge in [-0.15, -0.1) is 0 Å². The number of carbonyl (C=O) groups is 1. The highest BCUT2D eigenvalue weighted by atomic mass is 16.8. The predicted octanol–water partition coefficient (Wildman–Crippen LogP) is 2.05. The number of aliphatic hydroxyl groups excluding tert-OH is 1. The predicted molar refractivity (Wildman–Crippen MR) is 75.7 cm³/mol. The molecule has 0 unspecified atom stereocenters. The zero-order valence-corrected chi connectivity index (χ0v) is 12.4. The molecular formula is C16H18O6. The molecule has 3 rings (SSSR count). The largest absolute Gasteiger partial charge is 0.499 e. The normalized spacial score (nSPS) is 27.1. The highest BCUT2D eigenvalue weighted by molar-refractivity contribution is 5.89. The maximum atomic E-state index is 11.6. The van der Waals surface area contributed by atoms with E-state index in [1.165, 1.54) is 0 Å². The first-order valence-electron chi connectivity index (χ1n) is 7.09. The summed E-state index contributed by atoms with van der Waals surface area (Å²) in [4.78, 5) is 11.6. The number of esters is 1. The van der Waals surface area contributed by atoms with Gasteiger partial charge in [-0.25, -0.2) is 4.79 Å². The summed E-state index contributed by atoms with van der Waals surface area (Å²) < 4.78 is 21.9. The molecule has 0 saturated carbocycles.